The van der Waals surface area contributed by atoms with E-state index < -0.39 is 0 Å². The summed E-state index contributed by atoms with van der Waals surface area (Å²) < 4.78 is 1.16. The van der Waals surface area contributed by atoms with E-state index in [0.717, 1.165) is 20.1 Å². The largest absolute Gasteiger partial charge is 0.300 e. The molecule has 0 bridgehead atoms. The molecule has 3 rings (SSSR count). The normalized spacial score (nSPS) is 10.7. The first-order chi connectivity index (χ1) is 11.0. The Bertz CT molecular complexity index is 877. The Balaban J connectivity index is 1.78. The molecule has 0 atom stereocenters. The van der Waals surface area contributed by atoms with Crippen LogP contribution in [0, 0.1) is 13.8 Å². The SMILES string of the molecule is Cc1nc(NC(=O)Cn2nc(-c3cccs3)ccc2=O)sc1C. The quantitative estimate of drug-likeness (QED) is 0.788. The van der Waals surface area contributed by atoms with Gasteiger partial charge < -0.3 is 5.32 Å². The van der Waals surface area contributed by atoms with Crippen LogP contribution in [0.25, 0.3) is 10.6 Å². The van der Waals surface area contributed by atoms with Crippen LogP contribution < -0.4 is 10.9 Å². The number of amides is 1. The minimum Gasteiger partial charge on any atom is -0.300 e. The van der Waals surface area contributed by atoms with Gasteiger partial charge in [0.15, 0.2) is 5.13 Å². The number of nitrogens with zero attached hydrogens (tertiary/aromatic N) is 3. The fourth-order valence-electron chi connectivity index (χ4n) is 1.94. The van der Waals surface area contributed by atoms with Crippen LogP contribution in [0.1, 0.15) is 10.6 Å². The summed E-state index contributed by atoms with van der Waals surface area (Å²) in [5, 5.41) is 9.43. The molecule has 1 amide bonds. The Hall–Kier alpha value is -2.32. The molecule has 3 heterocycles. The molecular formula is C15H14N4O2S2. The zero-order valence-electron chi connectivity index (χ0n) is 12.6. The Morgan fingerprint density at radius 1 is 1.30 bits per heavy atom. The van der Waals surface area contributed by atoms with Crippen LogP contribution >= 0.6 is 22.7 Å². The van der Waals surface area contributed by atoms with Gasteiger partial charge in [-0.25, -0.2) is 9.67 Å². The van der Waals surface area contributed by atoms with E-state index in [9.17, 15) is 9.59 Å². The third-order valence-electron chi connectivity index (χ3n) is 3.21. The van der Waals surface area contributed by atoms with Crippen LogP contribution in [0.3, 0.4) is 0 Å². The summed E-state index contributed by atoms with van der Waals surface area (Å²) in [5.74, 6) is -0.323. The van der Waals surface area contributed by atoms with Crippen molar-refractivity contribution in [3.8, 4) is 10.6 Å². The number of hydrogen-bond donors (Lipinski definition) is 1. The number of carbonyl (C=O) groups is 1. The van der Waals surface area contributed by atoms with Gasteiger partial charge in [0.1, 0.15) is 12.2 Å². The maximum Gasteiger partial charge on any atom is 0.267 e. The van der Waals surface area contributed by atoms with E-state index in [4.69, 9.17) is 0 Å². The number of carbonyl (C=O) groups excluding carboxylic acids is 1. The summed E-state index contributed by atoms with van der Waals surface area (Å²) in [7, 11) is 0. The van der Waals surface area contributed by atoms with Crippen molar-refractivity contribution in [3.63, 3.8) is 0 Å². The highest BCUT2D eigenvalue weighted by atomic mass is 32.1. The summed E-state index contributed by atoms with van der Waals surface area (Å²) in [5.41, 5.74) is 1.25. The lowest BCUT2D eigenvalue weighted by Crippen LogP contribution is -2.29. The predicted octanol–water partition coefficient (Wildman–Crippen LogP) is 2.68. The lowest BCUT2D eigenvalue weighted by Gasteiger charge is -2.06. The van der Waals surface area contributed by atoms with Crippen molar-refractivity contribution in [2.75, 3.05) is 5.32 Å². The number of thiazole rings is 1. The summed E-state index contributed by atoms with van der Waals surface area (Å²) in [6.45, 7) is 3.69. The minimum atomic E-state index is -0.323. The molecule has 0 aliphatic carbocycles. The molecule has 3 aromatic heterocycles. The molecule has 0 aliphatic rings. The molecule has 0 saturated carbocycles. The topological polar surface area (TPSA) is 76.9 Å². The Morgan fingerprint density at radius 3 is 2.78 bits per heavy atom. The summed E-state index contributed by atoms with van der Waals surface area (Å²) in [4.78, 5) is 30.3. The highest BCUT2D eigenvalue weighted by Gasteiger charge is 2.11. The molecule has 6 nitrogen and oxygen atoms in total. The first kappa shape index (κ1) is 15.6. The van der Waals surface area contributed by atoms with E-state index in [1.807, 2.05) is 31.4 Å². The molecule has 0 aliphatic heterocycles. The second-order valence-electron chi connectivity index (χ2n) is 4.90. The first-order valence-corrected chi connectivity index (χ1v) is 8.58. The van der Waals surface area contributed by atoms with Gasteiger partial charge in [0, 0.05) is 10.9 Å². The Morgan fingerprint density at radius 2 is 2.13 bits per heavy atom. The van der Waals surface area contributed by atoms with Crippen molar-refractivity contribution >= 4 is 33.7 Å². The average Bonchev–Trinajstić information content (AvgIpc) is 3.12. The lowest BCUT2D eigenvalue weighted by atomic mass is 10.3. The van der Waals surface area contributed by atoms with Gasteiger partial charge in [-0.2, -0.15) is 5.10 Å². The second-order valence-corrected chi connectivity index (χ2v) is 7.05. The van der Waals surface area contributed by atoms with Crippen LogP contribution in [0.4, 0.5) is 5.13 Å². The Kier molecular flexibility index (Phi) is 4.35. The van der Waals surface area contributed by atoms with Gasteiger partial charge in [-0.15, -0.1) is 22.7 Å². The smallest absolute Gasteiger partial charge is 0.267 e. The van der Waals surface area contributed by atoms with Gasteiger partial charge in [-0.05, 0) is 31.4 Å². The van der Waals surface area contributed by atoms with Crippen LogP contribution in [-0.2, 0) is 11.3 Å². The molecule has 0 aromatic carbocycles. The number of thiophene rings is 1. The Labute approximate surface area is 140 Å². The second kappa shape index (κ2) is 6.43. The van der Waals surface area contributed by atoms with Gasteiger partial charge in [0.05, 0.1) is 10.6 Å². The van der Waals surface area contributed by atoms with Crippen LogP contribution in [0.5, 0.6) is 0 Å². The van der Waals surface area contributed by atoms with Crippen molar-refractivity contribution in [2.24, 2.45) is 0 Å². The third-order valence-corrected chi connectivity index (χ3v) is 5.09. The van der Waals surface area contributed by atoms with E-state index in [0.29, 0.717) is 10.8 Å². The number of aryl methyl sites for hydroxylation is 2. The molecule has 0 spiro atoms. The maximum atomic E-state index is 12.1. The van der Waals surface area contributed by atoms with Gasteiger partial charge in [-0.1, -0.05) is 6.07 Å². The molecule has 0 fully saturated rings. The molecule has 23 heavy (non-hydrogen) atoms. The lowest BCUT2D eigenvalue weighted by molar-refractivity contribution is -0.117. The van der Waals surface area contributed by atoms with Crippen molar-refractivity contribution in [1.29, 1.82) is 0 Å². The average molecular weight is 346 g/mol. The summed E-state index contributed by atoms with van der Waals surface area (Å²) >= 11 is 2.94. The van der Waals surface area contributed by atoms with Gasteiger partial charge >= 0.3 is 0 Å². The highest BCUT2D eigenvalue weighted by molar-refractivity contribution is 7.15. The number of anilines is 1. The number of hydrogen-bond acceptors (Lipinski definition) is 6. The molecule has 3 aromatic rings. The van der Waals surface area contributed by atoms with Crippen molar-refractivity contribution in [1.82, 2.24) is 14.8 Å². The summed E-state index contributed by atoms with van der Waals surface area (Å²) in [6.07, 6.45) is 0. The molecule has 118 valence electrons. The maximum absolute atomic E-state index is 12.1. The molecule has 0 unspecified atom stereocenters. The fraction of sp³-hybridized carbons (Fsp3) is 0.200. The number of nitrogens with one attached hydrogen (secondary N) is 1. The van der Waals surface area contributed by atoms with Crippen molar-refractivity contribution in [2.45, 2.75) is 20.4 Å². The molecule has 0 radical (unpaired) electrons. The standard InChI is InChI=1S/C15H14N4O2S2/c1-9-10(2)23-15(16-9)17-13(20)8-19-14(21)6-5-11(18-19)12-4-3-7-22-12/h3-7H,8H2,1-2H3,(H,16,17,20). The zero-order valence-corrected chi connectivity index (χ0v) is 14.2. The van der Waals surface area contributed by atoms with Gasteiger partial charge in [-0.3, -0.25) is 9.59 Å². The molecule has 1 N–H and O–H groups in total. The van der Waals surface area contributed by atoms with Crippen molar-refractivity contribution in [3.05, 3.63) is 50.6 Å². The number of rotatable bonds is 4. The van der Waals surface area contributed by atoms with Gasteiger partial charge in [0.25, 0.3) is 5.56 Å². The highest BCUT2D eigenvalue weighted by Crippen LogP contribution is 2.22. The van der Waals surface area contributed by atoms with E-state index >= 15 is 0 Å². The van der Waals surface area contributed by atoms with E-state index in [1.54, 1.807) is 6.07 Å². The molecule has 8 heteroatoms. The van der Waals surface area contributed by atoms with E-state index in [2.05, 4.69) is 15.4 Å². The predicted molar refractivity (Wildman–Crippen MR) is 92.0 cm³/mol. The number of aromatic nitrogens is 3. The molecule has 0 saturated heterocycles. The minimum absolute atomic E-state index is 0.143. The molecular weight excluding hydrogens is 332 g/mol. The first-order valence-electron chi connectivity index (χ1n) is 6.89. The van der Waals surface area contributed by atoms with Crippen LogP contribution in [0.2, 0.25) is 0 Å². The van der Waals surface area contributed by atoms with Crippen LogP contribution in [-0.4, -0.2) is 20.7 Å². The van der Waals surface area contributed by atoms with Crippen molar-refractivity contribution < 1.29 is 4.79 Å². The monoisotopic (exact) mass is 346 g/mol. The van der Waals surface area contributed by atoms with Gasteiger partial charge in [0.2, 0.25) is 5.91 Å². The fourth-order valence-corrected chi connectivity index (χ4v) is 3.46. The summed E-state index contributed by atoms with van der Waals surface area (Å²) in [6, 6.07) is 6.92. The van der Waals surface area contributed by atoms with Crippen LogP contribution in [0.15, 0.2) is 34.4 Å². The third kappa shape index (κ3) is 3.54. The van der Waals surface area contributed by atoms with E-state index in [-0.39, 0.29) is 18.0 Å². The van der Waals surface area contributed by atoms with E-state index in [1.165, 1.54) is 28.7 Å². The zero-order chi connectivity index (χ0) is 16.4.